The van der Waals surface area contributed by atoms with Crippen molar-refractivity contribution in [1.82, 2.24) is 5.01 Å². The average Bonchev–Trinajstić information content (AvgIpc) is 2.53. The molecular weight excluding hydrogens is 248 g/mol. The van der Waals surface area contributed by atoms with Gasteiger partial charge in [0.05, 0.1) is 11.9 Å². The van der Waals surface area contributed by atoms with E-state index in [9.17, 15) is 4.79 Å². The molecular formula is C14H19ClN2O. The van der Waals surface area contributed by atoms with Crippen molar-refractivity contribution in [3.8, 4) is 0 Å². The maximum Gasteiger partial charge on any atom is 0.234 e. The summed E-state index contributed by atoms with van der Waals surface area (Å²) in [4.78, 5) is 11.1. The molecule has 0 aliphatic heterocycles. The summed E-state index contributed by atoms with van der Waals surface area (Å²) in [5.74, 6) is 0. The van der Waals surface area contributed by atoms with Crippen LogP contribution in [0, 0.1) is 0 Å². The van der Waals surface area contributed by atoms with E-state index in [1.165, 1.54) is 23.4 Å². The molecule has 0 fully saturated rings. The van der Waals surface area contributed by atoms with Gasteiger partial charge in [-0.3, -0.25) is 4.79 Å². The van der Waals surface area contributed by atoms with Gasteiger partial charge in [0.15, 0.2) is 0 Å². The van der Waals surface area contributed by atoms with Crippen LogP contribution < -0.4 is 0 Å². The van der Waals surface area contributed by atoms with E-state index >= 15 is 0 Å². The normalized spacial score (nSPS) is 22.6. The summed E-state index contributed by atoms with van der Waals surface area (Å²) in [5.41, 5.74) is 3.06. The first-order valence-corrected chi connectivity index (χ1v) is 6.63. The second-order valence-electron chi connectivity index (χ2n) is 4.22. The van der Waals surface area contributed by atoms with Crippen LogP contribution in [-0.4, -0.2) is 17.6 Å². The second kappa shape index (κ2) is 8.70. The summed E-state index contributed by atoms with van der Waals surface area (Å²) < 4.78 is 0. The minimum atomic E-state index is 0.714. The van der Waals surface area contributed by atoms with Crippen molar-refractivity contribution < 1.29 is 4.79 Å². The molecule has 0 spiro atoms. The van der Waals surface area contributed by atoms with Crippen molar-refractivity contribution in [3.05, 3.63) is 35.0 Å². The van der Waals surface area contributed by atoms with E-state index in [4.69, 9.17) is 11.6 Å². The van der Waals surface area contributed by atoms with E-state index in [2.05, 4.69) is 11.2 Å². The smallest absolute Gasteiger partial charge is 0.234 e. The van der Waals surface area contributed by atoms with Crippen LogP contribution in [-0.2, 0) is 4.79 Å². The molecule has 4 heteroatoms. The van der Waals surface area contributed by atoms with Gasteiger partial charge in [-0.2, -0.15) is 5.10 Å². The Hall–Kier alpha value is -1.35. The molecule has 1 rings (SSSR count). The molecule has 18 heavy (non-hydrogen) atoms. The number of hydrazone groups is 1. The van der Waals surface area contributed by atoms with Crippen LogP contribution in [0.25, 0.3) is 0 Å². The van der Waals surface area contributed by atoms with Gasteiger partial charge in [-0.15, -0.1) is 0 Å². The lowest BCUT2D eigenvalue weighted by Crippen LogP contribution is -2.13. The molecule has 0 saturated heterocycles. The minimum absolute atomic E-state index is 0.714. The summed E-state index contributed by atoms with van der Waals surface area (Å²) in [6.07, 6.45) is 14.0. The number of amides is 1. The Bertz CT molecular complexity index is 383. The zero-order valence-corrected chi connectivity index (χ0v) is 11.4. The van der Waals surface area contributed by atoms with Crippen LogP contribution in [0.2, 0.25) is 0 Å². The van der Waals surface area contributed by atoms with E-state index in [0.717, 1.165) is 30.5 Å². The highest BCUT2D eigenvalue weighted by Gasteiger charge is 2.04. The molecule has 3 nitrogen and oxygen atoms in total. The Balaban J connectivity index is 2.80. The van der Waals surface area contributed by atoms with Gasteiger partial charge in [-0.25, -0.2) is 5.01 Å². The van der Waals surface area contributed by atoms with Gasteiger partial charge in [0.2, 0.25) is 6.41 Å². The van der Waals surface area contributed by atoms with Crippen molar-refractivity contribution in [2.75, 3.05) is 0 Å². The number of hydrogen-bond acceptors (Lipinski definition) is 2. The van der Waals surface area contributed by atoms with Gasteiger partial charge in [0.25, 0.3) is 0 Å². The van der Waals surface area contributed by atoms with Crippen LogP contribution in [0.5, 0.6) is 0 Å². The van der Waals surface area contributed by atoms with Gasteiger partial charge >= 0.3 is 0 Å². The Morgan fingerprint density at radius 3 is 2.89 bits per heavy atom. The molecule has 0 bridgehead atoms. The fraction of sp³-hybridized carbons (Fsp3) is 0.429. The highest BCUT2D eigenvalue weighted by atomic mass is 35.5. The number of carbonyl (C=O) groups is 1. The first-order chi connectivity index (χ1) is 8.77. The van der Waals surface area contributed by atoms with Gasteiger partial charge in [-0.05, 0) is 44.3 Å². The largest absolute Gasteiger partial charge is 0.276 e. The maximum atomic E-state index is 11.1. The fourth-order valence-electron chi connectivity index (χ4n) is 1.61. The van der Waals surface area contributed by atoms with Gasteiger partial charge < -0.3 is 0 Å². The molecule has 1 amide bonds. The third-order valence-corrected chi connectivity index (χ3v) is 2.98. The summed E-state index contributed by atoms with van der Waals surface area (Å²) in [6, 6.07) is 0. The average molecular weight is 267 g/mol. The standard InChI is InChI=1S/C14H19ClN2O/c1-13(10-15)11-16-17(12-18)14-8-6-4-2-3-5-7-9-14/h6,8-12H,2-5,7H2,1H3/b8-6-,13-10+,14-9+,16-11-. The zero-order valence-electron chi connectivity index (χ0n) is 10.7. The SMILES string of the molecule is CC(/C=N\N(C=O)C1=C/CCCCC/C=C\1)=C\Cl. The topological polar surface area (TPSA) is 32.7 Å². The van der Waals surface area contributed by atoms with Crippen molar-refractivity contribution in [2.24, 2.45) is 5.10 Å². The van der Waals surface area contributed by atoms with Crippen LogP contribution in [0.3, 0.4) is 0 Å². The predicted octanol–water partition coefficient (Wildman–Crippen LogP) is 3.98. The molecule has 0 N–H and O–H groups in total. The maximum absolute atomic E-state index is 11.1. The van der Waals surface area contributed by atoms with E-state index in [0.29, 0.717) is 6.41 Å². The second-order valence-corrected chi connectivity index (χ2v) is 4.44. The molecule has 1 aliphatic rings. The van der Waals surface area contributed by atoms with Crippen LogP contribution >= 0.6 is 11.6 Å². The van der Waals surface area contributed by atoms with Crippen molar-refractivity contribution >= 4 is 24.2 Å². The number of rotatable bonds is 4. The Labute approximate surface area is 113 Å². The van der Waals surface area contributed by atoms with E-state index < -0.39 is 0 Å². The van der Waals surface area contributed by atoms with Crippen LogP contribution in [0.1, 0.15) is 39.0 Å². The molecule has 0 saturated carbocycles. The highest BCUT2D eigenvalue weighted by Crippen LogP contribution is 2.14. The number of halogens is 1. The Morgan fingerprint density at radius 1 is 1.39 bits per heavy atom. The predicted molar refractivity (Wildman–Crippen MR) is 76.3 cm³/mol. The molecule has 0 heterocycles. The minimum Gasteiger partial charge on any atom is -0.276 e. The number of hydrogen-bond donors (Lipinski definition) is 0. The highest BCUT2D eigenvalue weighted by molar-refractivity contribution is 6.26. The molecule has 0 aromatic rings. The van der Waals surface area contributed by atoms with Gasteiger partial charge in [0.1, 0.15) is 0 Å². The van der Waals surface area contributed by atoms with Crippen molar-refractivity contribution in [3.63, 3.8) is 0 Å². The first kappa shape index (κ1) is 14.7. The molecule has 0 aromatic heterocycles. The quantitative estimate of drug-likeness (QED) is 0.430. The molecule has 0 radical (unpaired) electrons. The summed E-state index contributed by atoms with van der Waals surface area (Å²) in [5, 5.41) is 5.45. The number of allylic oxidation sites excluding steroid dienone is 4. The molecule has 0 unspecified atom stereocenters. The lowest BCUT2D eigenvalue weighted by atomic mass is 10.1. The van der Waals surface area contributed by atoms with E-state index in [1.54, 1.807) is 6.21 Å². The number of nitrogens with zero attached hydrogens (tertiary/aromatic N) is 2. The van der Waals surface area contributed by atoms with Gasteiger partial charge in [0, 0.05) is 5.54 Å². The molecule has 1 aliphatic carbocycles. The number of carbonyl (C=O) groups excluding carboxylic acids is 1. The monoisotopic (exact) mass is 266 g/mol. The molecule has 0 atom stereocenters. The summed E-state index contributed by atoms with van der Waals surface area (Å²) in [6.45, 7) is 1.83. The fourth-order valence-corrected chi connectivity index (χ4v) is 1.67. The first-order valence-electron chi connectivity index (χ1n) is 6.20. The lowest BCUT2D eigenvalue weighted by Gasteiger charge is -2.12. The summed E-state index contributed by atoms with van der Waals surface area (Å²) >= 11 is 5.54. The molecule has 98 valence electrons. The Morgan fingerprint density at radius 2 is 2.17 bits per heavy atom. The van der Waals surface area contributed by atoms with E-state index in [1.807, 2.05) is 19.1 Å². The third-order valence-electron chi connectivity index (χ3n) is 2.64. The van der Waals surface area contributed by atoms with Crippen molar-refractivity contribution in [2.45, 2.75) is 39.0 Å². The Kier molecular flexibility index (Phi) is 7.11. The lowest BCUT2D eigenvalue weighted by molar-refractivity contribution is -0.116. The van der Waals surface area contributed by atoms with Gasteiger partial charge in [-0.1, -0.05) is 30.2 Å². The zero-order chi connectivity index (χ0) is 13.2. The van der Waals surface area contributed by atoms with Crippen molar-refractivity contribution in [1.29, 1.82) is 0 Å². The third kappa shape index (κ3) is 5.32. The van der Waals surface area contributed by atoms with Crippen LogP contribution in [0.15, 0.2) is 40.1 Å². The molecule has 0 aromatic carbocycles. The summed E-state index contributed by atoms with van der Waals surface area (Å²) in [7, 11) is 0. The van der Waals surface area contributed by atoms with E-state index in [-0.39, 0.29) is 0 Å². The van der Waals surface area contributed by atoms with Crippen LogP contribution in [0.4, 0.5) is 0 Å².